The van der Waals surface area contributed by atoms with Crippen molar-refractivity contribution in [3.8, 4) is 0 Å². The van der Waals surface area contributed by atoms with Gasteiger partial charge in [-0.3, -0.25) is 4.79 Å². The molecule has 2 aromatic rings. The van der Waals surface area contributed by atoms with Crippen molar-refractivity contribution in [1.82, 2.24) is 5.16 Å². The number of nitrogens with zero attached hydrogens (tertiary/aromatic N) is 1. The first-order valence-corrected chi connectivity index (χ1v) is 5.56. The molecule has 0 radical (unpaired) electrons. The first-order valence-electron chi connectivity index (χ1n) is 5.56. The van der Waals surface area contributed by atoms with Crippen LogP contribution >= 0.6 is 0 Å². The molecule has 2 rings (SSSR count). The Labute approximate surface area is 109 Å². The van der Waals surface area contributed by atoms with Crippen LogP contribution in [0, 0.1) is 13.8 Å². The summed E-state index contributed by atoms with van der Waals surface area (Å²) in [5, 5.41) is 14.8. The second-order valence-corrected chi connectivity index (χ2v) is 4.15. The van der Waals surface area contributed by atoms with Gasteiger partial charge in [0.2, 0.25) is 5.76 Å². The second kappa shape index (κ2) is 4.93. The van der Waals surface area contributed by atoms with Crippen molar-refractivity contribution in [1.29, 1.82) is 0 Å². The molecule has 0 fully saturated rings. The molecule has 2 N–H and O–H groups in total. The summed E-state index contributed by atoms with van der Waals surface area (Å²) in [5.74, 6) is -2.14. The lowest BCUT2D eigenvalue weighted by molar-refractivity contribution is 0.0651. The van der Waals surface area contributed by atoms with E-state index < -0.39 is 11.9 Å². The van der Waals surface area contributed by atoms with Crippen molar-refractivity contribution in [3.63, 3.8) is 0 Å². The zero-order valence-electron chi connectivity index (χ0n) is 10.4. The lowest BCUT2D eigenvalue weighted by atomic mass is 10.1. The smallest absolute Gasteiger partial charge is 0.374 e. The molecule has 6 nitrogen and oxygen atoms in total. The maximum absolute atomic E-state index is 11.9. The quantitative estimate of drug-likeness (QED) is 0.882. The molecule has 0 atom stereocenters. The van der Waals surface area contributed by atoms with Gasteiger partial charge in [0, 0.05) is 11.8 Å². The van der Waals surface area contributed by atoms with Crippen LogP contribution in [0.5, 0.6) is 0 Å². The van der Waals surface area contributed by atoms with Crippen LogP contribution in [-0.2, 0) is 0 Å². The highest BCUT2D eigenvalue weighted by Gasteiger charge is 2.17. The molecule has 0 bridgehead atoms. The minimum atomic E-state index is -1.27. The van der Waals surface area contributed by atoms with Crippen LogP contribution < -0.4 is 5.32 Å². The summed E-state index contributed by atoms with van der Waals surface area (Å²) in [4.78, 5) is 22.5. The number of anilines is 1. The van der Waals surface area contributed by atoms with Gasteiger partial charge in [0.05, 0.1) is 0 Å². The van der Waals surface area contributed by atoms with Crippen LogP contribution in [0.15, 0.2) is 28.8 Å². The Hall–Kier alpha value is -2.63. The predicted octanol–water partition coefficient (Wildman–Crippen LogP) is 2.24. The van der Waals surface area contributed by atoms with E-state index in [0.29, 0.717) is 5.69 Å². The first-order chi connectivity index (χ1) is 8.97. The van der Waals surface area contributed by atoms with E-state index in [-0.39, 0.29) is 11.5 Å². The van der Waals surface area contributed by atoms with Gasteiger partial charge in [-0.05, 0) is 31.0 Å². The molecule has 98 valence electrons. The van der Waals surface area contributed by atoms with E-state index in [1.807, 2.05) is 32.0 Å². The van der Waals surface area contributed by atoms with Crippen LogP contribution in [0.4, 0.5) is 5.69 Å². The monoisotopic (exact) mass is 260 g/mol. The standard InChI is InChI=1S/C13H12N2O4/c1-7-3-4-8(2)9(5-7)14-12(16)10-6-11(13(17)18)19-15-10/h3-6H,1-2H3,(H,14,16)(H,17,18). The lowest BCUT2D eigenvalue weighted by Crippen LogP contribution is -2.13. The van der Waals surface area contributed by atoms with Crippen LogP contribution in [-0.4, -0.2) is 22.1 Å². The average molecular weight is 260 g/mol. The number of aromatic nitrogens is 1. The van der Waals surface area contributed by atoms with Crippen molar-refractivity contribution in [3.05, 3.63) is 46.8 Å². The van der Waals surface area contributed by atoms with E-state index in [0.717, 1.165) is 17.2 Å². The third-order valence-corrected chi connectivity index (χ3v) is 2.59. The van der Waals surface area contributed by atoms with Gasteiger partial charge in [-0.2, -0.15) is 0 Å². The fourth-order valence-corrected chi connectivity index (χ4v) is 1.54. The number of carboxylic acids is 1. The highest BCUT2D eigenvalue weighted by Crippen LogP contribution is 2.17. The number of aryl methyl sites for hydroxylation is 2. The number of hydrogen-bond acceptors (Lipinski definition) is 4. The zero-order valence-corrected chi connectivity index (χ0v) is 10.4. The molecule has 0 spiro atoms. The molecular formula is C13H12N2O4. The number of nitrogens with one attached hydrogen (secondary N) is 1. The van der Waals surface area contributed by atoms with Gasteiger partial charge in [0.25, 0.3) is 5.91 Å². The molecule has 1 aromatic heterocycles. The molecule has 0 saturated carbocycles. The molecular weight excluding hydrogens is 248 g/mol. The SMILES string of the molecule is Cc1ccc(C)c(NC(=O)c2cc(C(=O)O)on2)c1. The number of amides is 1. The molecule has 19 heavy (non-hydrogen) atoms. The van der Waals surface area contributed by atoms with E-state index in [9.17, 15) is 9.59 Å². The van der Waals surface area contributed by atoms with Crippen LogP contribution in [0.1, 0.15) is 32.2 Å². The fourth-order valence-electron chi connectivity index (χ4n) is 1.54. The summed E-state index contributed by atoms with van der Waals surface area (Å²) >= 11 is 0. The molecule has 6 heteroatoms. The number of aromatic carboxylic acids is 1. The van der Waals surface area contributed by atoms with Crippen LogP contribution in [0.2, 0.25) is 0 Å². The van der Waals surface area contributed by atoms with E-state index in [2.05, 4.69) is 15.0 Å². The number of rotatable bonds is 3. The van der Waals surface area contributed by atoms with Gasteiger partial charge in [-0.25, -0.2) is 4.79 Å². The highest BCUT2D eigenvalue weighted by atomic mass is 16.5. The van der Waals surface area contributed by atoms with Gasteiger partial charge in [0.1, 0.15) is 0 Å². The van der Waals surface area contributed by atoms with E-state index >= 15 is 0 Å². The Balaban J connectivity index is 2.20. The summed E-state index contributed by atoms with van der Waals surface area (Å²) in [6.45, 7) is 3.77. The summed E-state index contributed by atoms with van der Waals surface area (Å²) < 4.78 is 4.53. The predicted molar refractivity (Wildman–Crippen MR) is 67.3 cm³/mol. The summed E-state index contributed by atoms with van der Waals surface area (Å²) in [5.41, 5.74) is 2.50. The van der Waals surface area contributed by atoms with E-state index in [1.165, 1.54) is 0 Å². The molecule has 0 aliphatic carbocycles. The topological polar surface area (TPSA) is 92.4 Å². The molecule has 0 saturated heterocycles. The normalized spacial score (nSPS) is 10.2. The lowest BCUT2D eigenvalue weighted by Gasteiger charge is -2.07. The van der Waals surface area contributed by atoms with Crippen molar-refractivity contribution >= 4 is 17.6 Å². The van der Waals surface area contributed by atoms with Gasteiger partial charge in [-0.15, -0.1) is 0 Å². The van der Waals surface area contributed by atoms with Gasteiger partial charge in [0.15, 0.2) is 5.69 Å². The van der Waals surface area contributed by atoms with Crippen molar-refractivity contribution in [2.45, 2.75) is 13.8 Å². The Bertz CT molecular complexity index is 646. The maximum atomic E-state index is 11.9. The van der Waals surface area contributed by atoms with E-state index in [4.69, 9.17) is 5.11 Å². The van der Waals surface area contributed by atoms with Crippen LogP contribution in [0.25, 0.3) is 0 Å². The van der Waals surface area contributed by atoms with Gasteiger partial charge < -0.3 is 14.9 Å². The number of carbonyl (C=O) groups excluding carboxylic acids is 1. The van der Waals surface area contributed by atoms with E-state index in [1.54, 1.807) is 0 Å². The third-order valence-electron chi connectivity index (χ3n) is 2.59. The summed E-state index contributed by atoms with van der Waals surface area (Å²) in [6.07, 6.45) is 0. The molecule has 0 unspecified atom stereocenters. The average Bonchev–Trinajstić information content (AvgIpc) is 2.83. The van der Waals surface area contributed by atoms with Crippen LogP contribution in [0.3, 0.4) is 0 Å². The molecule has 1 heterocycles. The number of benzene rings is 1. The molecule has 1 amide bonds. The third kappa shape index (κ3) is 2.79. The minimum absolute atomic E-state index is 0.0710. The largest absolute Gasteiger partial charge is 0.475 e. The minimum Gasteiger partial charge on any atom is -0.475 e. The first kappa shape index (κ1) is 12.8. The Kier molecular flexibility index (Phi) is 3.33. The second-order valence-electron chi connectivity index (χ2n) is 4.15. The fraction of sp³-hybridized carbons (Fsp3) is 0.154. The number of hydrogen-bond donors (Lipinski definition) is 2. The zero-order chi connectivity index (χ0) is 14.0. The molecule has 0 aliphatic rings. The number of carbonyl (C=O) groups is 2. The van der Waals surface area contributed by atoms with Crippen molar-refractivity contribution in [2.24, 2.45) is 0 Å². The van der Waals surface area contributed by atoms with Crippen molar-refractivity contribution in [2.75, 3.05) is 5.32 Å². The number of carboxylic acid groups (broad SMARTS) is 1. The Morgan fingerprint density at radius 2 is 2.00 bits per heavy atom. The Morgan fingerprint density at radius 1 is 1.26 bits per heavy atom. The Morgan fingerprint density at radius 3 is 2.63 bits per heavy atom. The summed E-state index contributed by atoms with van der Waals surface area (Å²) in [7, 11) is 0. The highest BCUT2D eigenvalue weighted by molar-refractivity contribution is 6.04. The molecule has 0 aliphatic heterocycles. The summed E-state index contributed by atoms with van der Waals surface area (Å²) in [6, 6.07) is 6.73. The molecule has 1 aromatic carbocycles. The van der Waals surface area contributed by atoms with Gasteiger partial charge >= 0.3 is 5.97 Å². The van der Waals surface area contributed by atoms with Crippen molar-refractivity contribution < 1.29 is 19.2 Å². The maximum Gasteiger partial charge on any atom is 0.374 e. The van der Waals surface area contributed by atoms with Gasteiger partial charge in [-0.1, -0.05) is 17.3 Å².